The zero-order valence-electron chi connectivity index (χ0n) is 13.6. The van der Waals surface area contributed by atoms with Crippen molar-refractivity contribution in [3.63, 3.8) is 0 Å². The molecule has 0 radical (unpaired) electrons. The maximum Gasteiger partial charge on any atom is 0.227 e. The van der Waals surface area contributed by atoms with Gasteiger partial charge in [0.1, 0.15) is 6.61 Å². The number of para-hydroxylation sites is 2. The average Bonchev–Trinajstić information content (AvgIpc) is 2.61. The van der Waals surface area contributed by atoms with Crippen LogP contribution in [0.2, 0.25) is 0 Å². The van der Waals surface area contributed by atoms with Gasteiger partial charge in [0.05, 0.1) is 13.0 Å². The third kappa shape index (κ3) is 4.09. The number of likely N-dealkylation sites (N-methyl/N-ethyl adjacent to an activating group) is 1. The van der Waals surface area contributed by atoms with Crippen molar-refractivity contribution in [3.05, 3.63) is 58.6 Å². The molecular weight excluding hydrogens is 370 g/mol. The Morgan fingerprint density at radius 2 is 1.88 bits per heavy atom. The van der Waals surface area contributed by atoms with Gasteiger partial charge in [-0.25, -0.2) is 0 Å². The molecule has 0 spiro atoms. The van der Waals surface area contributed by atoms with Crippen molar-refractivity contribution in [1.82, 2.24) is 4.90 Å². The Kier molecular flexibility index (Phi) is 5.41. The van der Waals surface area contributed by atoms with Gasteiger partial charge in [-0.1, -0.05) is 40.2 Å². The lowest BCUT2D eigenvalue weighted by atomic mass is 10.1. The van der Waals surface area contributed by atoms with E-state index in [-0.39, 0.29) is 12.0 Å². The van der Waals surface area contributed by atoms with Gasteiger partial charge in [0.15, 0.2) is 17.6 Å². The number of rotatable bonds is 5. The van der Waals surface area contributed by atoms with E-state index in [2.05, 4.69) is 15.9 Å². The predicted molar refractivity (Wildman–Crippen MR) is 96.5 cm³/mol. The Hall–Kier alpha value is -2.01. The SMILES string of the molecule is CCN(CC1COc2ccccc2O1)C(=O)Cc1ccc(Br)cc1. The molecule has 1 unspecified atom stereocenters. The number of carbonyl (C=O) groups excluding carboxylic acids is 1. The number of ether oxygens (including phenoxy) is 2. The first-order valence-corrected chi connectivity index (χ1v) is 8.85. The number of carbonyl (C=O) groups is 1. The summed E-state index contributed by atoms with van der Waals surface area (Å²) in [6, 6.07) is 15.5. The highest BCUT2D eigenvalue weighted by molar-refractivity contribution is 9.10. The van der Waals surface area contributed by atoms with Gasteiger partial charge in [-0.05, 0) is 36.8 Å². The van der Waals surface area contributed by atoms with Crippen LogP contribution < -0.4 is 9.47 Å². The normalized spacial score (nSPS) is 15.8. The predicted octanol–water partition coefficient (Wildman–Crippen LogP) is 3.68. The van der Waals surface area contributed by atoms with Gasteiger partial charge >= 0.3 is 0 Å². The van der Waals surface area contributed by atoms with Gasteiger partial charge in [0, 0.05) is 11.0 Å². The minimum absolute atomic E-state index is 0.0993. The third-order valence-corrected chi connectivity index (χ3v) is 4.52. The number of fused-ring (bicyclic) bond motifs is 1. The monoisotopic (exact) mass is 389 g/mol. The summed E-state index contributed by atoms with van der Waals surface area (Å²) in [6.07, 6.45) is 0.249. The zero-order valence-corrected chi connectivity index (χ0v) is 15.2. The molecule has 2 aromatic carbocycles. The molecule has 0 aromatic heterocycles. The molecule has 4 nitrogen and oxygen atoms in total. The second-order valence-corrected chi connectivity index (χ2v) is 6.65. The van der Waals surface area contributed by atoms with Gasteiger partial charge in [0.2, 0.25) is 5.91 Å². The Morgan fingerprint density at radius 1 is 1.17 bits per heavy atom. The maximum atomic E-state index is 12.6. The summed E-state index contributed by atoms with van der Waals surface area (Å²) < 4.78 is 12.7. The molecule has 0 saturated carbocycles. The first-order valence-electron chi connectivity index (χ1n) is 8.06. The van der Waals surface area contributed by atoms with Gasteiger partial charge in [0.25, 0.3) is 0 Å². The van der Waals surface area contributed by atoms with Crippen molar-refractivity contribution in [2.24, 2.45) is 0 Å². The molecule has 1 atom stereocenters. The van der Waals surface area contributed by atoms with E-state index < -0.39 is 0 Å². The molecule has 2 aromatic rings. The fourth-order valence-corrected chi connectivity index (χ4v) is 2.96. The number of nitrogens with zero attached hydrogens (tertiary/aromatic N) is 1. The summed E-state index contributed by atoms with van der Waals surface area (Å²) in [5.41, 5.74) is 1.01. The molecule has 1 aliphatic rings. The van der Waals surface area contributed by atoms with E-state index in [9.17, 15) is 4.79 Å². The highest BCUT2D eigenvalue weighted by Gasteiger charge is 2.24. The Balaban J connectivity index is 1.60. The lowest BCUT2D eigenvalue weighted by molar-refractivity contribution is -0.131. The van der Waals surface area contributed by atoms with E-state index in [1.165, 1.54) is 0 Å². The van der Waals surface area contributed by atoms with Crippen molar-refractivity contribution < 1.29 is 14.3 Å². The van der Waals surface area contributed by atoms with E-state index in [0.29, 0.717) is 26.1 Å². The Morgan fingerprint density at radius 3 is 2.58 bits per heavy atom. The van der Waals surface area contributed by atoms with Crippen LogP contribution in [-0.4, -0.2) is 36.6 Å². The number of halogens is 1. The van der Waals surface area contributed by atoms with Crippen LogP contribution >= 0.6 is 15.9 Å². The van der Waals surface area contributed by atoms with E-state index in [1.807, 2.05) is 60.4 Å². The molecule has 3 rings (SSSR count). The van der Waals surface area contributed by atoms with E-state index in [1.54, 1.807) is 0 Å². The minimum atomic E-state index is -0.145. The molecule has 5 heteroatoms. The summed E-state index contributed by atoms with van der Waals surface area (Å²) in [6.45, 7) is 3.62. The van der Waals surface area contributed by atoms with Crippen LogP contribution in [0.4, 0.5) is 0 Å². The van der Waals surface area contributed by atoms with Crippen molar-refractivity contribution >= 4 is 21.8 Å². The number of amides is 1. The first kappa shape index (κ1) is 16.8. The molecule has 1 aliphatic heterocycles. The second kappa shape index (κ2) is 7.71. The van der Waals surface area contributed by atoms with Crippen LogP contribution in [0.1, 0.15) is 12.5 Å². The smallest absolute Gasteiger partial charge is 0.227 e. The van der Waals surface area contributed by atoms with Crippen LogP contribution in [0, 0.1) is 0 Å². The van der Waals surface area contributed by atoms with E-state index in [0.717, 1.165) is 21.5 Å². The van der Waals surface area contributed by atoms with Crippen molar-refractivity contribution in [2.75, 3.05) is 19.7 Å². The number of hydrogen-bond acceptors (Lipinski definition) is 3. The highest BCUT2D eigenvalue weighted by atomic mass is 79.9. The van der Waals surface area contributed by atoms with Gasteiger partial charge in [-0.3, -0.25) is 4.79 Å². The summed E-state index contributed by atoms with van der Waals surface area (Å²) in [5, 5.41) is 0. The molecule has 1 amide bonds. The Bertz CT molecular complexity index is 702. The van der Waals surface area contributed by atoms with Crippen LogP contribution in [0.5, 0.6) is 11.5 Å². The molecular formula is C19H20BrNO3. The number of hydrogen-bond donors (Lipinski definition) is 0. The molecule has 0 fully saturated rings. The lowest BCUT2D eigenvalue weighted by Crippen LogP contribution is -2.44. The standard InChI is InChI=1S/C19H20BrNO3/c1-2-21(19(22)11-14-7-9-15(20)10-8-14)12-16-13-23-17-5-3-4-6-18(17)24-16/h3-10,16H,2,11-13H2,1H3. The van der Waals surface area contributed by atoms with Crippen molar-refractivity contribution in [3.8, 4) is 11.5 Å². The molecule has 0 saturated heterocycles. The largest absolute Gasteiger partial charge is 0.486 e. The molecule has 0 aliphatic carbocycles. The average molecular weight is 390 g/mol. The number of benzene rings is 2. The van der Waals surface area contributed by atoms with E-state index in [4.69, 9.17) is 9.47 Å². The first-order chi connectivity index (χ1) is 11.7. The summed E-state index contributed by atoms with van der Waals surface area (Å²) in [4.78, 5) is 14.4. The van der Waals surface area contributed by atoms with Crippen LogP contribution in [0.15, 0.2) is 53.0 Å². The van der Waals surface area contributed by atoms with Gasteiger partial charge in [-0.2, -0.15) is 0 Å². The molecule has 0 N–H and O–H groups in total. The molecule has 126 valence electrons. The van der Waals surface area contributed by atoms with Crippen LogP contribution in [0.25, 0.3) is 0 Å². The topological polar surface area (TPSA) is 38.8 Å². The maximum absolute atomic E-state index is 12.6. The Labute approximate surface area is 150 Å². The van der Waals surface area contributed by atoms with Crippen LogP contribution in [-0.2, 0) is 11.2 Å². The van der Waals surface area contributed by atoms with Gasteiger partial charge in [-0.15, -0.1) is 0 Å². The van der Waals surface area contributed by atoms with E-state index >= 15 is 0 Å². The summed E-state index contributed by atoms with van der Waals surface area (Å²) in [7, 11) is 0. The zero-order chi connectivity index (χ0) is 16.9. The molecule has 1 heterocycles. The minimum Gasteiger partial charge on any atom is -0.486 e. The quantitative estimate of drug-likeness (QED) is 0.782. The van der Waals surface area contributed by atoms with Gasteiger partial charge < -0.3 is 14.4 Å². The highest BCUT2D eigenvalue weighted by Crippen LogP contribution is 2.31. The van der Waals surface area contributed by atoms with Crippen molar-refractivity contribution in [2.45, 2.75) is 19.4 Å². The second-order valence-electron chi connectivity index (χ2n) is 5.73. The van der Waals surface area contributed by atoms with Crippen LogP contribution in [0.3, 0.4) is 0 Å². The summed E-state index contributed by atoms with van der Waals surface area (Å²) >= 11 is 3.41. The molecule has 0 bridgehead atoms. The lowest BCUT2D eigenvalue weighted by Gasteiger charge is -2.31. The molecule has 24 heavy (non-hydrogen) atoms. The van der Waals surface area contributed by atoms with Crippen molar-refractivity contribution in [1.29, 1.82) is 0 Å². The third-order valence-electron chi connectivity index (χ3n) is 3.99. The fraction of sp³-hybridized carbons (Fsp3) is 0.316. The summed E-state index contributed by atoms with van der Waals surface area (Å²) in [5.74, 6) is 1.60. The fourth-order valence-electron chi connectivity index (χ4n) is 2.69.